The molecule has 5 nitrogen and oxygen atoms in total. The van der Waals surface area contributed by atoms with Crippen molar-refractivity contribution in [2.45, 2.75) is 26.2 Å². The fraction of sp³-hybridized carbons (Fsp3) is 0.429. The molecule has 1 aromatic rings. The van der Waals surface area contributed by atoms with Crippen LogP contribution in [0.15, 0.2) is 23.3 Å². The zero-order valence-electron chi connectivity index (χ0n) is 11.6. The van der Waals surface area contributed by atoms with Gasteiger partial charge < -0.3 is 9.47 Å². The summed E-state index contributed by atoms with van der Waals surface area (Å²) in [5, 5.41) is 3.92. The number of methoxy groups -OCH3 is 2. The molecule has 1 N–H and O–H groups in total. The van der Waals surface area contributed by atoms with Crippen molar-refractivity contribution >= 4 is 12.1 Å². The van der Waals surface area contributed by atoms with Gasteiger partial charge in [0.15, 0.2) is 11.5 Å². The molecule has 104 valence electrons. The first-order valence-electron chi connectivity index (χ1n) is 6.25. The largest absolute Gasteiger partial charge is 0.493 e. The van der Waals surface area contributed by atoms with Gasteiger partial charge in [0.05, 0.1) is 20.4 Å². The molecule has 0 aliphatic carbocycles. The van der Waals surface area contributed by atoms with Crippen LogP contribution in [-0.4, -0.2) is 26.3 Å². The highest BCUT2D eigenvalue weighted by molar-refractivity contribution is 5.86. The molecule has 0 aliphatic heterocycles. The summed E-state index contributed by atoms with van der Waals surface area (Å²) in [6.45, 7) is 2.04. The topological polar surface area (TPSA) is 59.9 Å². The van der Waals surface area contributed by atoms with Crippen LogP contribution in [0.4, 0.5) is 0 Å². The molecule has 19 heavy (non-hydrogen) atoms. The lowest BCUT2D eigenvalue weighted by molar-refractivity contribution is -0.121. The predicted molar refractivity (Wildman–Crippen MR) is 74.8 cm³/mol. The number of benzene rings is 1. The predicted octanol–water partition coefficient (Wildman–Crippen LogP) is 2.34. The Morgan fingerprint density at radius 1 is 1.37 bits per heavy atom. The molecule has 0 aliphatic rings. The third kappa shape index (κ3) is 4.62. The fourth-order valence-electron chi connectivity index (χ4n) is 1.58. The average Bonchev–Trinajstić information content (AvgIpc) is 2.44. The quantitative estimate of drug-likeness (QED) is 0.607. The lowest BCUT2D eigenvalue weighted by Crippen LogP contribution is -2.16. The van der Waals surface area contributed by atoms with Gasteiger partial charge in [-0.15, -0.1) is 0 Å². The number of hydrogen-bond acceptors (Lipinski definition) is 4. The van der Waals surface area contributed by atoms with Crippen molar-refractivity contribution in [3.8, 4) is 11.5 Å². The standard InChI is InChI=1S/C14H20N2O3/c1-4-5-9-13(17)16-15-10-11-7-6-8-12(18-2)14(11)19-3/h6-8,10H,4-5,9H2,1-3H3,(H,16,17)/b15-10+. The second kappa shape index (κ2) is 8.13. The van der Waals surface area contributed by atoms with Crippen molar-refractivity contribution in [1.82, 2.24) is 5.43 Å². The first kappa shape index (κ1) is 15.0. The van der Waals surface area contributed by atoms with Gasteiger partial charge in [-0.25, -0.2) is 5.43 Å². The highest BCUT2D eigenvalue weighted by Crippen LogP contribution is 2.29. The van der Waals surface area contributed by atoms with Gasteiger partial charge in [-0.1, -0.05) is 19.4 Å². The number of hydrazone groups is 1. The fourth-order valence-corrected chi connectivity index (χ4v) is 1.58. The van der Waals surface area contributed by atoms with Crippen LogP contribution in [-0.2, 0) is 4.79 Å². The van der Waals surface area contributed by atoms with Crippen LogP contribution in [0, 0.1) is 0 Å². The van der Waals surface area contributed by atoms with E-state index < -0.39 is 0 Å². The Morgan fingerprint density at radius 3 is 2.79 bits per heavy atom. The molecule has 0 spiro atoms. The summed E-state index contributed by atoms with van der Waals surface area (Å²) in [5.74, 6) is 1.14. The lowest BCUT2D eigenvalue weighted by atomic mass is 10.2. The zero-order chi connectivity index (χ0) is 14.1. The summed E-state index contributed by atoms with van der Waals surface area (Å²) < 4.78 is 10.4. The molecule has 0 heterocycles. The van der Waals surface area contributed by atoms with Crippen LogP contribution in [0.5, 0.6) is 11.5 Å². The molecule has 0 fully saturated rings. The molecular weight excluding hydrogens is 244 g/mol. The minimum Gasteiger partial charge on any atom is -0.493 e. The number of nitrogens with zero attached hydrogens (tertiary/aromatic N) is 1. The summed E-state index contributed by atoms with van der Waals surface area (Å²) in [6.07, 6.45) is 3.89. The number of carbonyl (C=O) groups is 1. The Balaban J connectivity index is 2.68. The molecule has 5 heteroatoms. The molecule has 1 rings (SSSR count). The number of carbonyl (C=O) groups excluding carboxylic acids is 1. The van der Waals surface area contributed by atoms with E-state index in [1.54, 1.807) is 26.5 Å². The molecular formula is C14H20N2O3. The molecule has 0 atom stereocenters. The number of para-hydroxylation sites is 1. The van der Waals surface area contributed by atoms with Crippen molar-refractivity contribution < 1.29 is 14.3 Å². The van der Waals surface area contributed by atoms with Crippen LogP contribution in [0.2, 0.25) is 0 Å². The monoisotopic (exact) mass is 264 g/mol. The third-order valence-electron chi connectivity index (χ3n) is 2.58. The first-order chi connectivity index (χ1) is 9.22. The third-order valence-corrected chi connectivity index (χ3v) is 2.58. The first-order valence-corrected chi connectivity index (χ1v) is 6.25. The van der Waals surface area contributed by atoms with E-state index in [4.69, 9.17) is 9.47 Å². The van der Waals surface area contributed by atoms with E-state index in [1.165, 1.54) is 0 Å². The van der Waals surface area contributed by atoms with Gasteiger partial charge in [0.25, 0.3) is 0 Å². The maximum Gasteiger partial charge on any atom is 0.240 e. The second-order valence-corrected chi connectivity index (χ2v) is 3.98. The number of unbranched alkanes of at least 4 members (excludes halogenated alkanes) is 1. The molecule has 0 aromatic heterocycles. The van der Waals surface area contributed by atoms with Gasteiger partial charge in [0.2, 0.25) is 5.91 Å². The van der Waals surface area contributed by atoms with Gasteiger partial charge >= 0.3 is 0 Å². The van der Waals surface area contributed by atoms with E-state index in [9.17, 15) is 4.79 Å². The van der Waals surface area contributed by atoms with E-state index in [-0.39, 0.29) is 5.91 Å². The molecule has 0 radical (unpaired) electrons. The highest BCUT2D eigenvalue weighted by atomic mass is 16.5. The van der Waals surface area contributed by atoms with Crippen LogP contribution in [0.25, 0.3) is 0 Å². The maximum atomic E-state index is 11.4. The van der Waals surface area contributed by atoms with Gasteiger partial charge in [-0.05, 0) is 18.6 Å². The van der Waals surface area contributed by atoms with Gasteiger partial charge in [0.1, 0.15) is 0 Å². The summed E-state index contributed by atoms with van der Waals surface area (Å²) in [6, 6.07) is 5.47. The van der Waals surface area contributed by atoms with E-state index in [0.29, 0.717) is 17.9 Å². The Hall–Kier alpha value is -2.04. The minimum atomic E-state index is -0.0834. The molecule has 0 bridgehead atoms. The number of amides is 1. The van der Waals surface area contributed by atoms with Gasteiger partial charge in [0, 0.05) is 12.0 Å². The zero-order valence-corrected chi connectivity index (χ0v) is 11.6. The number of hydrogen-bond donors (Lipinski definition) is 1. The van der Waals surface area contributed by atoms with E-state index in [2.05, 4.69) is 10.5 Å². The minimum absolute atomic E-state index is 0.0834. The summed E-state index contributed by atoms with van der Waals surface area (Å²) >= 11 is 0. The van der Waals surface area contributed by atoms with Crippen LogP contribution < -0.4 is 14.9 Å². The summed E-state index contributed by atoms with van der Waals surface area (Å²) in [7, 11) is 3.14. The second-order valence-electron chi connectivity index (χ2n) is 3.98. The normalized spacial score (nSPS) is 10.5. The Labute approximate surface area is 113 Å². The van der Waals surface area contributed by atoms with Crippen LogP contribution in [0.1, 0.15) is 31.7 Å². The highest BCUT2D eigenvalue weighted by Gasteiger charge is 2.07. The van der Waals surface area contributed by atoms with Gasteiger partial charge in [-0.3, -0.25) is 4.79 Å². The summed E-state index contributed by atoms with van der Waals surface area (Å²) in [5.41, 5.74) is 3.24. The number of nitrogens with one attached hydrogen (secondary N) is 1. The van der Waals surface area contributed by atoms with Crippen molar-refractivity contribution in [3.05, 3.63) is 23.8 Å². The molecule has 0 unspecified atom stereocenters. The Morgan fingerprint density at radius 2 is 2.16 bits per heavy atom. The molecule has 0 saturated heterocycles. The Kier molecular flexibility index (Phi) is 6.43. The molecule has 1 aromatic carbocycles. The van der Waals surface area contributed by atoms with E-state index >= 15 is 0 Å². The van der Waals surface area contributed by atoms with E-state index in [0.717, 1.165) is 18.4 Å². The van der Waals surface area contributed by atoms with Crippen LogP contribution in [0.3, 0.4) is 0 Å². The lowest BCUT2D eigenvalue weighted by Gasteiger charge is -2.09. The van der Waals surface area contributed by atoms with Crippen molar-refractivity contribution in [2.24, 2.45) is 5.10 Å². The molecule has 1 amide bonds. The smallest absolute Gasteiger partial charge is 0.240 e. The van der Waals surface area contributed by atoms with Crippen molar-refractivity contribution in [1.29, 1.82) is 0 Å². The SMILES string of the molecule is CCCCC(=O)N/N=C/c1cccc(OC)c1OC. The Bertz CT molecular complexity index is 444. The number of rotatable bonds is 7. The average molecular weight is 264 g/mol. The van der Waals surface area contributed by atoms with Crippen molar-refractivity contribution in [2.75, 3.05) is 14.2 Å². The van der Waals surface area contributed by atoms with Gasteiger partial charge in [-0.2, -0.15) is 5.10 Å². The van der Waals surface area contributed by atoms with E-state index in [1.807, 2.05) is 19.1 Å². The number of ether oxygens (including phenoxy) is 2. The summed E-state index contributed by atoms with van der Waals surface area (Å²) in [4.78, 5) is 11.4. The maximum absolute atomic E-state index is 11.4. The van der Waals surface area contributed by atoms with Crippen molar-refractivity contribution in [3.63, 3.8) is 0 Å². The molecule has 0 saturated carbocycles. The van der Waals surface area contributed by atoms with Crippen LogP contribution >= 0.6 is 0 Å².